The molecular weight excluding hydrogens is 320 g/mol. The SMILES string of the molecule is COC(=O)C(O)C(NC(=O)OC(C)(C)C)c1ccc([N+](=O)[O-])cc1. The first-order chi connectivity index (χ1) is 11.0. The number of benzene rings is 1. The molecule has 0 saturated carbocycles. The number of nitro groups is 1. The number of alkyl carbamates (subject to hydrolysis) is 1. The number of nitro benzene ring substituents is 1. The lowest BCUT2D eigenvalue weighted by Crippen LogP contribution is -2.43. The van der Waals surface area contributed by atoms with E-state index in [1.807, 2.05) is 0 Å². The molecule has 2 N–H and O–H groups in total. The van der Waals surface area contributed by atoms with E-state index in [0.717, 1.165) is 7.11 Å². The minimum atomic E-state index is -1.70. The van der Waals surface area contributed by atoms with Crippen molar-refractivity contribution in [1.82, 2.24) is 5.32 Å². The van der Waals surface area contributed by atoms with Gasteiger partial charge in [0.05, 0.1) is 18.1 Å². The van der Waals surface area contributed by atoms with E-state index >= 15 is 0 Å². The summed E-state index contributed by atoms with van der Waals surface area (Å²) in [6.07, 6.45) is -2.56. The lowest BCUT2D eigenvalue weighted by atomic mass is 10.0. The van der Waals surface area contributed by atoms with Gasteiger partial charge < -0.3 is 19.9 Å². The maximum absolute atomic E-state index is 11.9. The summed E-state index contributed by atoms with van der Waals surface area (Å²) in [5.41, 5.74) is -0.660. The van der Waals surface area contributed by atoms with Crippen LogP contribution < -0.4 is 5.32 Å². The maximum atomic E-state index is 11.9. The van der Waals surface area contributed by atoms with Crippen molar-refractivity contribution in [2.24, 2.45) is 0 Å². The van der Waals surface area contributed by atoms with Gasteiger partial charge in [0, 0.05) is 12.1 Å². The lowest BCUT2D eigenvalue weighted by molar-refractivity contribution is -0.384. The summed E-state index contributed by atoms with van der Waals surface area (Å²) in [7, 11) is 1.09. The van der Waals surface area contributed by atoms with Crippen LogP contribution >= 0.6 is 0 Å². The average Bonchev–Trinajstić information content (AvgIpc) is 2.49. The summed E-state index contributed by atoms with van der Waals surface area (Å²) >= 11 is 0. The zero-order valence-corrected chi connectivity index (χ0v) is 13.8. The summed E-state index contributed by atoms with van der Waals surface area (Å²) in [6, 6.07) is 3.86. The smallest absolute Gasteiger partial charge is 0.408 e. The van der Waals surface area contributed by atoms with Gasteiger partial charge in [-0.3, -0.25) is 10.1 Å². The van der Waals surface area contributed by atoms with Gasteiger partial charge in [-0.1, -0.05) is 12.1 Å². The van der Waals surface area contributed by atoms with E-state index in [1.54, 1.807) is 20.8 Å². The molecule has 0 fully saturated rings. The highest BCUT2D eigenvalue weighted by Gasteiger charge is 2.31. The number of aliphatic hydroxyl groups excluding tert-OH is 1. The van der Waals surface area contributed by atoms with Crippen LogP contribution in [0, 0.1) is 10.1 Å². The Labute approximate surface area is 138 Å². The molecule has 0 radical (unpaired) electrons. The average molecular weight is 340 g/mol. The Morgan fingerprint density at radius 3 is 2.21 bits per heavy atom. The van der Waals surface area contributed by atoms with Crippen LogP contribution in [0.15, 0.2) is 24.3 Å². The van der Waals surface area contributed by atoms with E-state index in [9.17, 15) is 24.8 Å². The van der Waals surface area contributed by atoms with E-state index in [0.29, 0.717) is 0 Å². The number of esters is 1. The summed E-state index contributed by atoms with van der Waals surface area (Å²) in [5, 5.41) is 23.1. The van der Waals surface area contributed by atoms with Gasteiger partial charge in [-0.05, 0) is 26.3 Å². The number of rotatable bonds is 5. The molecule has 2 unspecified atom stereocenters. The third-order valence-corrected chi connectivity index (χ3v) is 2.89. The first-order valence-electron chi connectivity index (χ1n) is 7.05. The lowest BCUT2D eigenvalue weighted by Gasteiger charge is -2.25. The molecule has 1 aromatic rings. The van der Waals surface area contributed by atoms with Crippen LogP contribution in [0.3, 0.4) is 0 Å². The fourth-order valence-electron chi connectivity index (χ4n) is 1.84. The largest absolute Gasteiger partial charge is 0.467 e. The van der Waals surface area contributed by atoms with Crippen molar-refractivity contribution in [2.75, 3.05) is 7.11 Å². The minimum Gasteiger partial charge on any atom is -0.467 e. The first-order valence-corrected chi connectivity index (χ1v) is 7.05. The molecule has 9 heteroatoms. The first kappa shape index (κ1) is 19.4. The Bertz CT molecular complexity index is 607. The molecule has 1 rings (SSSR count). The fraction of sp³-hybridized carbons (Fsp3) is 0.467. The molecule has 2 atom stereocenters. The molecule has 132 valence electrons. The number of non-ortho nitro benzene ring substituents is 1. The van der Waals surface area contributed by atoms with Gasteiger partial charge in [-0.15, -0.1) is 0 Å². The second kappa shape index (κ2) is 7.73. The van der Waals surface area contributed by atoms with E-state index in [1.165, 1.54) is 24.3 Å². The van der Waals surface area contributed by atoms with Crippen LogP contribution in [-0.2, 0) is 14.3 Å². The monoisotopic (exact) mass is 340 g/mol. The van der Waals surface area contributed by atoms with E-state index in [4.69, 9.17) is 4.74 Å². The van der Waals surface area contributed by atoms with Crippen molar-refractivity contribution < 1.29 is 29.1 Å². The molecule has 0 spiro atoms. The summed E-state index contributed by atoms with van der Waals surface area (Å²) in [4.78, 5) is 33.6. The highest BCUT2D eigenvalue weighted by molar-refractivity contribution is 5.77. The van der Waals surface area contributed by atoms with Crippen molar-refractivity contribution in [3.05, 3.63) is 39.9 Å². The Morgan fingerprint density at radius 2 is 1.79 bits per heavy atom. The standard InChI is InChI=1S/C15H20N2O7/c1-15(2,3)24-14(20)16-11(12(18)13(19)23-4)9-5-7-10(8-6-9)17(21)22/h5-8,11-12,18H,1-4H3,(H,16,20). The van der Waals surface area contributed by atoms with E-state index in [-0.39, 0.29) is 11.3 Å². The normalized spacial score (nSPS) is 13.5. The summed E-state index contributed by atoms with van der Waals surface area (Å²) in [5.74, 6) is -0.964. The van der Waals surface area contributed by atoms with E-state index < -0.39 is 34.7 Å². The Kier molecular flexibility index (Phi) is 6.24. The topological polar surface area (TPSA) is 128 Å². The number of carbonyl (C=O) groups is 2. The fourth-order valence-corrected chi connectivity index (χ4v) is 1.84. The number of nitrogens with one attached hydrogen (secondary N) is 1. The minimum absolute atomic E-state index is 0.165. The van der Waals surface area contributed by atoms with Crippen LogP contribution in [0.1, 0.15) is 32.4 Å². The molecule has 0 aromatic heterocycles. The Morgan fingerprint density at radius 1 is 1.25 bits per heavy atom. The highest BCUT2D eigenvalue weighted by Crippen LogP contribution is 2.22. The van der Waals surface area contributed by atoms with Crippen LogP contribution in [0.5, 0.6) is 0 Å². The maximum Gasteiger partial charge on any atom is 0.408 e. The van der Waals surface area contributed by atoms with Crippen molar-refractivity contribution >= 4 is 17.7 Å². The van der Waals surface area contributed by atoms with Gasteiger partial charge in [0.2, 0.25) is 0 Å². The van der Waals surface area contributed by atoms with Crippen molar-refractivity contribution in [2.45, 2.75) is 38.5 Å². The van der Waals surface area contributed by atoms with Gasteiger partial charge in [0.25, 0.3) is 5.69 Å². The van der Waals surface area contributed by atoms with Gasteiger partial charge in [0.15, 0.2) is 6.10 Å². The number of nitrogens with zero attached hydrogens (tertiary/aromatic N) is 1. The quantitative estimate of drug-likeness (QED) is 0.474. The number of amides is 1. The predicted molar refractivity (Wildman–Crippen MR) is 83.2 cm³/mol. The number of hydrogen-bond donors (Lipinski definition) is 2. The zero-order valence-electron chi connectivity index (χ0n) is 13.8. The molecule has 0 bridgehead atoms. The molecule has 0 aliphatic rings. The Balaban J connectivity index is 3.07. The second-order valence-electron chi connectivity index (χ2n) is 5.94. The van der Waals surface area contributed by atoms with Gasteiger partial charge in [-0.25, -0.2) is 9.59 Å². The van der Waals surface area contributed by atoms with Crippen LogP contribution in [0.25, 0.3) is 0 Å². The number of methoxy groups -OCH3 is 1. The molecular formula is C15H20N2O7. The molecule has 0 aliphatic carbocycles. The predicted octanol–water partition coefficient (Wildman–Crippen LogP) is 1.69. The molecule has 1 amide bonds. The third-order valence-electron chi connectivity index (χ3n) is 2.89. The van der Waals surface area contributed by atoms with Crippen LogP contribution in [0.2, 0.25) is 0 Å². The van der Waals surface area contributed by atoms with Gasteiger partial charge in [0.1, 0.15) is 5.60 Å². The van der Waals surface area contributed by atoms with E-state index in [2.05, 4.69) is 10.1 Å². The second-order valence-corrected chi connectivity index (χ2v) is 5.94. The van der Waals surface area contributed by atoms with Crippen LogP contribution in [-0.4, -0.2) is 40.9 Å². The molecule has 0 heterocycles. The zero-order chi connectivity index (χ0) is 18.5. The van der Waals surface area contributed by atoms with Gasteiger partial charge in [-0.2, -0.15) is 0 Å². The highest BCUT2D eigenvalue weighted by atomic mass is 16.6. The number of ether oxygens (including phenoxy) is 2. The third kappa shape index (κ3) is 5.51. The number of carbonyl (C=O) groups excluding carboxylic acids is 2. The van der Waals surface area contributed by atoms with Crippen LogP contribution in [0.4, 0.5) is 10.5 Å². The molecule has 0 aliphatic heterocycles. The van der Waals surface area contributed by atoms with Gasteiger partial charge >= 0.3 is 12.1 Å². The van der Waals surface area contributed by atoms with Crippen molar-refractivity contribution in [3.8, 4) is 0 Å². The molecule has 9 nitrogen and oxygen atoms in total. The summed E-state index contributed by atoms with van der Waals surface area (Å²) < 4.78 is 9.56. The van der Waals surface area contributed by atoms with Crippen molar-refractivity contribution in [3.63, 3.8) is 0 Å². The van der Waals surface area contributed by atoms with Crippen molar-refractivity contribution in [1.29, 1.82) is 0 Å². The number of aliphatic hydroxyl groups is 1. The summed E-state index contributed by atoms with van der Waals surface area (Å²) in [6.45, 7) is 4.97. The Hall–Kier alpha value is -2.68. The molecule has 24 heavy (non-hydrogen) atoms. The molecule has 1 aromatic carbocycles. The molecule has 0 saturated heterocycles. The number of hydrogen-bond acceptors (Lipinski definition) is 7.